The third-order valence-electron chi connectivity index (χ3n) is 8.03. The number of anilines is 6. The Morgan fingerprint density at radius 1 is 0.457 bits per heavy atom. The van der Waals surface area contributed by atoms with Gasteiger partial charge in [0.15, 0.2) is 0 Å². The Morgan fingerprint density at radius 2 is 0.891 bits per heavy atom. The molecule has 3 nitrogen and oxygen atoms in total. The maximum atomic E-state index is 5.96. The number of unbranched alkanes of at least 4 members (excludes halogenated alkanes) is 1. The SMILES string of the molecule is Cc1cccc(N(c2ccccc2)c2ccc(-c3ccc(N(c4ccc(OCCCCS)cc4)c4cccc(C)c4)cc3)cc2)c1. The van der Waals surface area contributed by atoms with Crippen molar-refractivity contribution in [1.82, 2.24) is 0 Å². The van der Waals surface area contributed by atoms with Gasteiger partial charge in [-0.05, 0) is 140 Å². The van der Waals surface area contributed by atoms with E-state index in [2.05, 4.69) is 188 Å². The van der Waals surface area contributed by atoms with Crippen LogP contribution in [0.2, 0.25) is 0 Å². The highest BCUT2D eigenvalue weighted by Gasteiger charge is 2.15. The maximum absolute atomic E-state index is 5.96. The minimum atomic E-state index is 0.708. The Kier molecular flexibility index (Phi) is 10.1. The summed E-state index contributed by atoms with van der Waals surface area (Å²) in [6.45, 7) is 4.98. The van der Waals surface area contributed by atoms with E-state index in [1.807, 2.05) is 0 Å². The highest BCUT2D eigenvalue weighted by atomic mass is 32.1. The number of hydrogen-bond donors (Lipinski definition) is 1. The number of rotatable bonds is 12. The molecule has 0 aliphatic heterocycles. The molecule has 0 heterocycles. The van der Waals surface area contributed by atoms with Crippen LogP contribution in [0.25, 0.3) is 11.1 Å². The van der Waals surface area contributed by atoms with Gasteiger partial charge in [-0.3, -0.25) is 0 Å². The fourth-order valence-corrected chi connectivity index (χ4v) is 5.93. The van der Waals surface area contributed by atoms with Crippen LogP contribution in [0.1, 0.15) is 24.0 Å². The summed E-state index contributed by atoms with van der Waals surface area (Å²) in [4.78, 5) is 4.60. The molecule has 6 rings (SSSR count). The van der Waals surface area contributed by atoms with Gasteiger partial charge in [-0.1, -0.05) is 66.7 Å². The van der Waals surface area contributed by atoms with Gasteiger partial charge >= 0.3 is 0 Å². The lowest BCUT2D eigenvalue weighted by Crippen LogP contribution is -2.10. The number of para-hydroxylation sites is 1. The highest BCUT2D eigenvalue weighted by Crippen LogP contribution is 2.38. The van der Waals surface area contributed by atoms with Gasteiger partial charge in [0.05, 0.1) is 6.61 Å². The summed E-state index contributed by atoms with van der Waals surface area (Å²) < 4.78 is 5.96. The molecule has 0 spiro atoms. The Bertz CT molecular complexity index is 1840. The van der Waals surface area contributed by atoms with Gasteiger partial charge in [0.1, 0.15) is 5.75 Å². The van der Waals surface area contributed by atoms with Crippen molar-refractivity contribution in [2.45, 2.75) is 26.7 Å². The molecule has 0 aliphatic carbocycles. The molecule has 0 N–H and O–H groups in total. The molecular formula is C42H40N2OS. The van der Waals surface area contributed by atoms with Crippen molar-refractivity contribution >= 4 is 46.8 Å². The van der Waals surface area contributed by atoms with E-state index in [4.69, 9.17) is 4.74 Å². The standard InChI is InChI=1S/C42H40N2OS/c1-32-10-8-14-40(30-32)43(36-12-4-3-5-13-36)37-20-16-34(17-21-37)35-18-22-38(23-19-35)44(41-15-9-11-33(2)31-41)39-24-26-42(27-25-39)45-28-6-7-29-46/h3-5,8-27,30-31,46H,6-7,28-29H2,1-2H3. The van der Waals surface area contributed by atoms with E-state index in [0.29, 0.717) is 6.61 Å². The molecule has 0 radical (unpaired) electrons. The Morgan fingerprint density at radius 3 is 1.35 bits per heavy atom. The summed E-state index contributed by atoms with van der Waals surface area (Å²) in [5, 5.41) is 0. The van der Waals surface area contributed by atoms with E-state index in [1.54, 1.807) is 0 Å². The van der Waals surface area contributed by atoms with Crippen molar-refractivity contribution in [3.05, 3.63) is 163 Å². The zero-order valence-corrected chi connectivity index (χ0v) is 27.4. The van der Waals surface area contributed by atoms with Gasteiger partial charge in [-0.2, -0.15) is 12.6 Å². The fraction of sp³-hybridized carbons (Fsp3) is 0.143. The quantitative estimate of drug-likeness (QED) is 0.108. The molecule has 230 valence electrons. The molecule has 0 aromatic heterocycles. The number of benzene rings is 6. The molecule has 6 aromatic rings. The van der Waals surface area contributed by atoms with Crippen LogP contribution in [0.5, 0.6) is 5.75 Å². The second-order valence-corrected chi connectivity index (χ2v) is 12.0. The van der Waals surface area contributed by atoms with E-state index in [1.165, 1.54) is 22.3 Å². The van der Waals surface area contributed by atoms with Crippen molar-refractivity contribution < 1.29 is 4.74 Å². The summed E-state index contributed by atoms with van der Waals surface area (Å²) in [6.07, 6.45) is 2.07. The predicted octanol–water partition coefficient (Wildman–Crippen LogP) is 12.0. The first-order chi connectivity index (χ1) is 22.6. The van der Waals surface area contributed by atoms with Crippen molar-refractivity contribution in [2.75, 3.05) is 22.2 Å². The first-order valence-corrected chi connectivity index (χ1v) is 16.6. The first-order valence-electron chi connectivity index (χ1n) is 15.9. The van der Waals surface area contributed by atoms with E-state index in [-0.39, 0.29) is 0 Å². The normalized spacial score (nSPS) is 10.8. The Balaban J connectivity index is 1.27. The molecule has 0 bridgehead atoms. The van der Waals surface area contributed by atoms with Crippen LogP contribution in [0.3, 0.4) is 0 Å². The number of hydrogen-bond acceptors (Lipinski definition) is 4. The zero-order chi connectivity index (χ0) is 31.7. The van der Waals surface area contributed by atoms with Gasteiger partial charge in [0.25, 0.3) is 0 Å². The van der Waals surface area contributed by atoms with E-state index in [0.717, 1.165) is 58.5 Å². The number of thiol groups is 1. The molecule has 0 unspecified atom stereocenters. The van der Waals surface area contributed by atoms with Crippen molar-refractivity contribution in [3.63, 3.8) is 0 Å². The van der Waals surface area contributed by atoms with E-state index < -0.39 is 0 Å². The van der Waals surface area contributed by atoms with Gasteiger partial charge in [0.2, 0.25) is 0 Å². The number of ether oxygens (including phenoxy) is 1. The van der Waals surface area contributed by atoms with Crippen LogP contribution < -0.4 is 14.5 Å². The third kappa shape index (κ3) is 7.47. The highest BCUT2D eigenvalue weighted by molar-refractivity contribution is 7.80. The number of aryl methyl sites for hydroxylation is 2. The van der Waals surface area contributed by atoms with Crippen LogP contribution in [0, 0.1) is 13.8 Å². The topological polar surface area (TPSA) is 15.7 Å². The third-order valence-corrected chi connectivity index (χ3v) is 8.35. The lowest BCUT2D eigenvalue weighted by molar-refractivity contribution is 0.310. The molecule has 46 heavy (non-hydrogen) atoms. The van der Waals surface area contributed by atoms with Crippen molar-refractivity contribution in [1.29, 1.82) is 0 Å². The lowest BCUT2D eigenvalue weighted by atomic mass is 10.0. The average molecular weight is 621 g/mol. The van der Waals surface area contributed by atoms with Gasteiger partial charge < -0.3 is 14.5 Å². The number of nitrogens with zero attached hydrogens (tertiary/aromatic N) is 2. The lowest BCUT2D eigenvalue weighted by Gasteiger charge is -2.26. The second kappa shape index (κ2) is 14.9. The van der Waals surface area contributed by atoms with Gasteiger partial charge in [-0.25, -0.2) is 0 Å². The average Bonchev–Trinajstić information content (AvgIpc) is 3.09. The van der Waals surface area contributed by atoms with Crippen LogP contribution in [0.4, 0.5) is 34.1 Å². The van der Waals surface area contributed by atoms with Crippen LogP contribution in [0.15, 0.2) is 152 Å². The smallest absolute Gasteiger partial charge is 0.119 e. The molecule has 0 fully saturated rings. The van der Waals surface area contributed by atoms with Crippen molar-refractivity contribution in [2.24, 2.45) is 0 Å². The molecule has 0 saturated carbocycles. The molecule has 4 heteroatoms. The fourth-order valence-electron chi connectivity index (χ4n) is 5.71. The minimum absolute atomic E-state index is 0.708. The van der Waals surface area contributed by atoms with Gasteiger partial charge in [0, 0.05) is 34.1 Å². The van der Waals surface area contributed by atoms with E-state index >= 15 is 0 Å². The molecule has 0 amide bonds. The predicted molar refractivity (Wildman–Crippen MR) is 199 cm³/mol. The summed E-state index contributed by atoms with van der Waals surface area (Å²) in [7, 11) is 0. The zero-order valence-electron chi connectivity index (χ0n) is 26.5. The maximum Gasteiger partial charge on any atom is 0.119 e. The summed E-state index contributed by atoms with van der Waals surface area (Å²) in [5.74, 6) is 1.78. The second-order valence-electron chi connectivity index (χ2n) is 11.6. The molecule has 6 aromatic carbocycles. The molecule has 0 saturated heterocycles. The monoisotopic (exact) mass is 620 g/mol. The van der Waals surface area contributed by atoms with E-state index in [9.17, 15) is 0 Å². The van der Waals surface area contributed by atoms with Crippen LogP contribution in [-0.4, -0.2) is 12.4 Å². The van der Waals surface area contributed by atoms with Gasteiger partial charge in [-0.15, -0.1) is 0 Å². The van der Waals surface area contributed by atoms with Crippen LogP contribution >= 0.6 is 12.6 Å². The molecule has 0 atom stereocenters. The summed E-state index contributed by atoms with van der Waals surface area (Å²) in [6, 6.07) is 53.9. The van der Waals surface area contributed by atoms with Crippen molar-refractivity contribution in [3.8, 4) is 16.9 Å². The largest absolute Gasteiger partial charge is 0.494 e. The van der Waals surface area contributed by atoms with Crippen LogP contribution in [-0.2, 0) is 0 Å². The first kappa shape index (κ1) is 31.1. The molecule has 0 aliphatic rings. The molecular weight excluding hydrogens is 581 g/mol. The summed E-state index contributed by atoms with van der Waals surface area (Å²) >= 11 is 4.30. The summed E-state index contributed by atoms with van der Waals surface area (Å²) in [5.41, 5.74) is 11.5. The Labute approximate surface area is 279 Å². The Hall–Kier alpha value is -4.93. The minimum Gasteiger partial charge on any atom is -0.494 e.